The zero-order valence-electron chi connectivity index (χ0n) is 14.8. The first kappa shape index (κ1) is 17.6. The average molecular weight is 343 g/mol. The second-order valence-corrected chi connectivity index (χ2v) is 6.18. The Morgan fingerprint density at radius 3 is 2.24 bits per heavy atom. The predicted molar refractivity (Wildman–Crippen MR) is 94.1 cm³/mol. The van der Waals surface area contributed by atoms with Gasteiger partial charge in [0.25, 0.3) is 0 Å². The first-order valence-corrected chi connectivity index (χ1v) is 8.11. The van der Waals surface area contributed by atoms with Crippen LogP contribution in [0.4, 0.5) is 0 Å². The zero-order valence-corrected chi connectivity index (χ0v) is 14.8. The Hall–Kier alpha value is -2.24. The van der Waals surface area contributed by atoms with E-state index in [1.807, 2.05) is 30.3 Å². The molecule has 0 bridgehead atoms. The van der Waals surface area contributed by atoms with Gasteiger partial charge in [-0.3, -0.25) is 0 Å². The van der Waals surface area contributed by atoms with Crippen molar-refractivity contribution in [3.05, 3.63) is 60.0 Å². The van der Waals surface area contributed by atoms with E-state index in [-0.39, 0.29) is 19.0 Å². The second kappa shape index (κ2) is 7.76. The van der Waals surface area contributed by atoms with Crippen molar-refractivity contribution in [2.24, 2.45) is 0 Å². The largest absolute Gasteiger partial charge is 0.492 e. The van der Waals surface area contributed by atoms with Crippen molar-refractivity contribution >= 4 is 0 Å². The van der Waals surface area contributed by atoms with E-state index in [9.17, 15) is 0 Å². The highest BCUT2D eigenvalue weighted by molar-refractivity contribution is 5.50. The van der Waals surface area contributed by atoms with Crippen LogP contribution in [0.25, 0.3) is 0 Å². The van der Waals surface area contributed by atoms with E-state index in [1.165, 1.54) is 5.56 Å². The van der Waals surface area contributed by atoms with Crippen molar-refractivity contribution in [1.82, 2.24) is 0 Å². The number of benzene rings is 2. The van der Waals surface area contributed by atoms with Crippen molar-refractivity contribution in [1.29, 1.82) is 0 Å². The lowest BCUT2D eigenvalue weighted by atomic mass is 9.76. The summed E-state index contributed by atoms with van der Waals surface area (Å²) >= 11 is 0. The van der Waals surface area contributed by atoms with Crippen LogP contribution in [-0.4, -0.2) is 34.4 Å². The van der Waals surface area contributed by atoms with E-state index in [1.54, 1.807) is 14.2 Å². The summed E-state index contributed by atoms with van der Waals surface area (Å²) in [6.07, 6.45) is 2.23. The van der Waals surface area contributed by atoms with Gasteiger partial charge in [0.05, 0.1) is 6.61 Å². The van der Waals surface area contributed by atoms with Gasteiger partial charge in [-0.05, 0) is 29.3 Å². The first-order chi connectivity index (χ1) is 12.1. The zero-order chi connectivity index (χ0) is 17.7. The van der Waals surface area contributed by atoms with E-state index in [2.05, 4.69) is 25.5 Å². The molecule has 0 aliphatic carbocycles. The topological polar surface area (TPSA) is 46.2 Å². The molecule has 1 unspecified atom stereocenters. The van der Waals surface area contributed by atoms with Gasteiger partial charge in [0.2, 0.25) is 0 Å². The van der Waals surface area contributed by atoms with Crippen LogP contribution in [-0.2, 0) is 14.9 Å². The van der Waals surface area contributed by atoms with Crippen molar-refractivity contribution in [3.63, 3.8) is 0 Å². The third-order valence-electron chi connectivity index (χ3n) is 4.19. The van der Waals surface area contributed by atoms with Crippen LogP contribution in [0, 0.1) is 6.42 Å². The molecule has 0 saturated carbocycles. The summed E-state index contributed by atoms with van der Waals surface area (Å²) < 4.78 is 26.8. The molecular formula is C20H23O5. The van der Waals surface area contributed by atoms with Gasteiger partial charge in [-0.2, -0.15) is 0 Å². The summed E-state index contributed by atoms with van der Waals surface area (Å²) in [5.74, 6) is 2.34. The molecule has 0 N–H and O–H groups in total. The second-order valence-electron chi connectivity index (χ2n) is 6.18. The van der Waals surface area contributed by atoms with E-state index in [4.69, 9.17) is 23.7 Å². The maximum Gasteiger partial charge on any atom is 0.188 e. The van der Waals surface area contributed by atoms with Gasteiger partial charge in [-0.1, -0.05) is 25.1 Å². The van der Waals surface area contributed by atoms with E-state index in [0.29, 0.717) is 6.61 Å². The molecule has 0 aromatic heterocycles. The molecular weight excluding hydrogens is 320 g/mol. The number of methoxy groups -OCH3 is 2. The fraction of sp³-hybridized carbons (Fsp3) is 0.350. The summed E-state index contributed by atoms with van der Waals surface area (Å²) in [6.45, 7) is 3.19. The van der Waals surface area contributed by atoms with Crippen LogP contribution in [0.3, 0.4) is 0 Å². The molecule has 1 radical (unpaired) electrons. The number of hydrogen-bond acceptors (Lipinski definition) is 5. The Kier molecular flexibility index (Phi) is 5.46. The summed E-state index contributed by atoms with van der Waals surface area (Å²) in [5.41, 5.74) is 2.02. The molecule has 0 fully saturated rings. The molecule has 2 aromatic rings. The van der Waals surface area contributed by atoms with Crippen LogP contribution >= 0.6 is 0 Å². The van der Waals surface area contributed by atoms with Crippen LogP contribution in [0.15, 0.2) is 42.5 Å². The maximum atomic E-state index is 6.01. The Balaban J connectivity index is 1.74. The quantitative estimate of drug-likeness (QED) is 0.720. The molecule has 3 rings (SSSR count). The van der Waals surface area contributed by atoms with E-state index in [0.717, 1.165) is 22.8 Å². The Morgan fingerprint density at radius 1 is 0.920 bits per heavy atom. The molecule has 0 spiro atoms. The molecule has 1 atom stereocenters. The molecule has 0 amide bonds. The van der Waals surface area contributed by atoms with Crippen LogP contribution in [0.1, 0.15) is 18.1 Å². The molecule has 5 nitrogen and oxygen atoms in total. The third-order valence-corrected chi connectivity index (χ3v) is 4.19. The molecule has 2 aromatic carbocycles. The summed E-state index contributed by atoms with van der Waals surface area (Å²) in [5, 5.41) is 0. The number of hydrogen-bond donors (Lipinski definition) is 0. The normalized spacial score (nSPS) is 19.0. The van der Waals surface area contributed by atoms with Gasteiger partial charge in [0, 0.05) is 32.1 Å². The van der Waals surface area contributed by atoms with Gasteiger partial charge >= 0.3 is 0 Å². The van der Waals surface area contributed by atoms with E-state index >= 15 is 0 Å². The highest BCUT2D eigenvalue weighted by Gasteiger charge is 2.33. The molecule has 1 aliphatic heterocycles. The van der Waals surface area contributed by atoms with Crippen LogP contribution in [0.2, 0.25) is 0 Å². The summed E-state index contributed by atoms with van der Waals surface area (Å²) in [7, 11) is 3.20. The lowest BCUT2D eigenvalue weighted by Crippen LogP contribution is -2.34. The fourth-order valence-electron chi connectivity index (χ4n) is 2.81. The SMILES string of the molecule is COCOc1ccc(C2(C)[CH]c3ccc(OCOC)cc3OC2)cc1. The molecule has 5 heteroatoms. The Morgan fingerprint density at radius 2 is 1.56 bits per heavy atom. The first-order valence-electron chi connectivity index (χ1n) is 8.11. The summed E-state index contributed by atoms with van der Waals surface area (Å²) in [6, 6.07) is 13.8. The number of fused-ring (bicyclic) bond motifs is 1. The van der Waals surface area contributed by atoms with Gasteiger partial charge in [0.15, 0.2) is 13.6 Å². The Bertz CT molecular complexity index is 698. The van der Waals surface area contributed by atoms with Crippen LogP contribution in [0.5, 0.6) is 17.2 Å². The standard InChI is InChI=1S/C20H23O5/c1-20(16-5-8-17(9-6-16)24-13-21-2)11-15-4-7-18(25-14-22-3)10-19(15)23-12-20/h4-11H,12-14H2,1-3H3. The van der Waals surface area contributed by atoms with Crippen molar-refractivity contribution in [2.75, 3.05) is 34.4 Å². The highest BCUT2D eigenvalue weighted by atomic mass is 16.7. The van der Waals surface area contributed by atoms with Crippen molar-refractivity contribution < 1.29 is 23.7 Å². The highest BCUT2D eigenvalue weighted by Crippen LogP contribution is 2.40. The lowest BCUT2D eigenvalue weighted by molar-refractivity contribution is 0.0507. The minimum Gasteiger partial charge on any atom is -0.492 e. The van der Waals surface area contributed by atoms with Crippen molar-refractivity contribution in [3.8, 4) is 17.2 Å². The molecule has 25 heavy (non-hydrogen) atoms. The van der Waals surface area contributed by atoms with Crippen molar-refractivity contribution in [2.45, 2.75) is 12.3 Å². The molecule has 133 valence electrons. The fourth-order valence-corrected chi connectivity index (χ4v) is 2.81. The van der Waals surface area contributed by atoms with Gasteiger partial charge in [0.1, 0.15) is 17.2 Å². The Labute approximate surface area is 148 Å². The molecule has 1 aliphatic rings. The minimum atomic E-state index is -0.207. The minimum absolute atomic E-state index is 0.207. The van der Waals surface area contributed by atoms with Crippen LogP contribution < -0.4 is 14.2 Å². The predicted octanol–water partition coefficient (Wildman–Crippen LogP) is 3.55. The van der Waals surface area contributed by atoms with Gasteiger partial charge in [-0.25, -0.2) is 0 Å². The van der Waals surface area contributed by atoms with Gasteiger partial charge in [-0.15, -0.1) is 0 Å². The lowest BCUT2D eigenvalue weighted by Gasteiger charge is -2.35. The average Bonchev–Trinajstić information content (AvgIpc) is 2.65. The monoisotopic (exact) mass is 343 g/mol. The third kappa shape index (κ3) is 4.06. The number of ether oxygens (including phenoxy) is 5. The maximum absolute atomic E-state index is 6.01. The summed E-state index contributed by atoms with van der Waals surface area (Å²) in [4.78, 5) is 0. The van der Waals surface area contributed by atoms with E-state index < -0.39 is 0 Å². The molecule has 0 saturated heterocycles. The smallest absolute Gasteiger partial charge is 0.188 e. The molecule has 1 heterocycles. The van der Waals surface area contributed by atoms with Gasteiger partial charge < -0.3 is 23.7 Å². The number of rotatable bonds is 7.